The fourth-order valence-electron chi connectivity index (χ4n) is 1.17. The average molecular weight is 202 g/mol. The molecule has 0 heterocycles. The first kappa shape index (κ1) is 12.3. The SMILES string of the molecule is COc1cccc(CC(C)N)c1.Cl. The van der Waals surface area contributed by atoms with Crippen LogP contribution in [0, 0.1) is 0 Å². The summed E-state index contributed by atoms with van der Waals surface area (Å²) < 4.78 is 5.10. The van der Waals surface area contributed by atoms with Gasteiger partial charge in [0.2, 0.25) is 0 Å². The summed E-state index contributed by atoms with van der Waals surface area (Å²) in [4.78, 5) is 0. The molecule has 1 rings (SSSR count). The Morgan fingerprint density at radius 1 is 1.46 bits per heavy atom. The summed E-state index contributed by atoms with van der Waals surface area (Å²) in [5.74, 6) is 0.896. The molecular weight excluding hydrogens is 186 g/mol. The quantitative estimate of drug-likeness (QED) is 0.812. The molecule has 2 nitrogen and oxygen atoms in total. The van der Waals surface area contributed by atoms with Crippen molar-refractivity contribution < 1.29 is 4.74 Å². The van der Waals surface area contributed by atoms with Gasteiger partial charge in [-0.25, -0.2) is 0 Å². The molecule has 3 heteroatoms. The number of nitrogens with two attached hydrogens (primary N) is 1. The monoisotopic (exact) mass is 201 g/mol. The van der Waals surface area contributed by atoms with E-state index in [1.807, 2.05) is 25.1 Å². The molecule has 1 aromatic carbocycles. The van der Waals surface area contributed by atoms with E-state index in [-0.39, 0.29) is 18.4 Å². The predicted molar refractivity (Wildman–Crippen MR) is 57.6 cm³/mol. The second-order valence-corrected chi connectivity index (χ2v) is 3.03. The van der Waals surface area contributed by atoms with E-state index in [1.165, 1.54) is 5.56 Å². The first-order chi connectivity index (χ1) is 5.72. The van der Waals surface area contributed by atoms with Gasteiger partial charge < -0.3 is 10.5 Å². The van der Waals surface area contributed by atoms with E-state index in [0.717, 1.165) is 12.2 Å². The van der Waals surface area contributed by atoms with Crippen molar-refractivity contribution in [3.05, 3.63) is 29.8 Å². The Hall–Kier alpha value is -0.730. The van der Waals surface area contributed by atoms with Crippen LogP contribution < -0.4 is 10.5 Å². The van der Waals surface area contributed by atoms with Gasteiger partial charge in [-0.05, 0) is 31.0 Å². The van der Waals surface area contributed by atoms with E-state index in [2.05, 4.69) is 6.07 Å². The van der Waals surface area contributed by atoms with Gasteiger partial charge in [-0.15, -0.1) is 12.4 Å². The Kier molecular flexibility index (Phi) is 5.51. The third kappa shape index (κ3) is 4.15. The van der Waals surface area contributed by atoms with Crippen molar-refractivity contribution in [2.75, 3.05) is 7.11 Å². The minimum absolute atomic E-state index is 0. The van der Waals surface area contributed by atoms with Gasteiger partial charge in [0, 0.05) is 6.04 Å². The first-order valence-corrected chi connectivity index (χ1v) is 4.11. The zero-order chi connectivity index (χ0) is 8.97. The zero-order valence-electron chi connectivity index (χ0n) is 7.99. The highest BCUT2D eigenvalue weighted by Crippen LogP contribution is 2.13. The third-order valence-corrected chi connectivity index (χ3v) is 1.69. The highest BCUT2D eigenvalue weighted by Gasteiger charge is 1.98. The van der Waals surface area contributed by atoms with Crippen molar-refractivity contribution in [1.82, 2.24) is 0 Å². The Balaban J connectivity index is 0.00000144. The standard InChI is InChI=1S/C10H15NO.ClH/c1-8(11)6-9-4-3-5-10(7-9)12-2;/h3-5,7-8H,6,11H2,1-2H3;1H. The van der Waals surface area contributed by atoms with Crippen LogP contribution in [0.15, 0.2) is 24.3 Å². The van der Waals surface area contributed by atoms with Gasteiger partial charge in [-0.3, -0.25) is 0 Å². The van der Waals surface area contributed by atoms with E-state index >= 15 is 0 Å². The van der Waals surface area contributed by atoms with Crippen molar-refractivity contribution in [2.45, 2.75) is 19.4 Å². The molecule has 0 bridgehead atoms. The average Bonchev–Trinajstić information content (AvgIpc) is 2.03. The van der Waals surface area contributed by atoms with Crippen LogP contribution in [-0.4, -0.2) is 13.2 Å². The summed E-state index contributed by atoms with van der Waals surface area (Å²) in [5, 5.41) is 0. The highest BCUT2D eigenvalue weighted by molar-refractivity contribution is 5.85. The molecule has 0 aliphatic heterocycles. The summed E-state index contributed by atoms with van der Waals surface area (Å²) in [6, 6.07) is 8.20. The van der Waals surface area contributed by atoms with E-state index in [4.69, 9.17) is 10.5 Å². The number of hydrogen-bond donors (Lipinski definition) is 1. The van der Waals surface area contributed by atoms with Crippen LogP contribution >= 0.6 is 12.4 Å². The van der Waals surface area contributed by atoms with E-state index in [9.17, 15) is 0 Å². The summed E-state index contributed by atoms with van der Waals surface area (Å²) in [6.45, 7) is 2.00. The van der Waals surface area contributed by atoms with Crippen LogP contribution in [-0.2, 0) is 6.42 Å². The second-order valence-electron chi connectivity index (χ2n) is 3.03. The van der Waals surface area contributed by atoms with Gasteiger partial charge >= 0.3 is 0 Å². The van der Waals surface area contributed by atoms with Crippen molar-refractivity contribution in [3.63, 3.8) is 0 Å². The van der Waals surface area contributed by atoms with Gasteiger partial charge in [0.25, 0.3) is 0 Å². The maximum atomic E-state index is 5.68. The van der Waals surface area contributed by atoms with Crippen LogP contribution in [0.2, 0.25) is 0 Å². The molecule has 1 aromatic rings. The zero-order valence-corrected chi connectivity index (χ0v) is 8.80. The molecule has 2 N–H and O–H groups in total. The Bertz CT molecular complexity index is 250. The lowest BCUT2D eigenvalue weighted by atomic mass is 10.1. The summed E-state index contributed by atoms with van der Waals surface area (Å²) in [6.07, 6.45) is 0.900. The molecule has 0 fully saturated rings. The number of methoxy groups -OCH3 is 1. The molecule has 0 saturated carbocycles. The largest absolute Gasteiger partial charge is 0.497 e. The lowest BCUT2D eigenvalue weighted by Gasteiger charge is -2.06. The number of ether oxygens (including phenoxy) is 1. The topological polar surface area (TPSA) is 35.2 Å². The lowest BCUT2D eigenvalue weighted by Crippen LogP contribution is -2.17. The van der Waals surface area contributed by atoms with Gasteiger partial charge in [0.05, 0.1) is 7.11 Å². The first-order valence-electron chi connectivity index (χ1n) is 4.11. The highest BCUT2D eigenvalue weighted by atomic mass is 35.5. The van der Waals surface area contributed by atoms with E-state index in [1.54, 1.807) is 7.11 Å². The smallest absolute Gasteiger partial charge is 0.119 e. The Morgan fingerprint density at radius 3 is 2.69 bits per heavy atom. The molecule has 0 amide bonds. The second kappa shape index (κ2) is 5.84. The van der Waals surface area contributed by atoms with Crippen molar-refractivity contribution in [1.29, 1.82) is 0 Å². The molecule has 0 aliphatic rings. The molecule has 0 aromatic heterocycles. The molecule has 0 aliphatic carbocycles. The Morgan fingerprint density at radius 2 is 2.15 bits per heavy atom. The maximum absolute atomic E-state index is 5.68. The maximum Gasteiger partial charge on any atom is 0.119 e. The number of benzene rings is 1. The van der Waals surface area contributed by atoms with Gasteiger partial charge in [0.15, 0.2) is 0 Å². The number of halogens is 1. The molecule has 1 atom stereocenters. The molecular formula is C10H16ClNO. The molecule has 1 unspecified atom stereocenters. The summed E-state index contributed by atoms with van der Waals surface area (Å²) in [5.41, 5.74) is 6.90. The van der Waals surface area contributed by atoms with Crippen LogP contribution in [0.4, 0.5) is 0 Å². The molecule has 74 valence electrons. The molecule has 0 radical (unpaired) electrons. The van der Waals surface area contributed by atoms with Crippen LogP contribution in [0.1, 0.15) is 12.5 Å². The lowest BCUT2D eigenvalue weighted by molar-refractivity contribution is 0.414. The molecule has 0 saturated heterocycles. The number of rotatable bonds is 3. The van der Waals surface area contributed by atoms with Crippen LogP contribution in [0.3, 0.4) is 0 Å². The van der Waals surface area contributed by atoms with E-state index in [0.29, 0.717) is 0 Å². The minimum atomic E-state index is 0. The normalized spacial score (nSPS) is 11.6. The van der Waals surface area contributed by atoms with Gasteiger partial charge in [-0.1, -0.05) is 12.1 Å². The van der Waals surface area contributed by atoms with Gasteiger partial charge in [0.1, 0.15) is 5.75 Å². The number of hydrogen-bond acceptors (Lipinski definition) is 2. The van der Waals surface area contributed by atoms with E-state index < -0.39 is 0 Å². The molecule has 13 heavy (non-hydrogen) atoms. The van der Waals surface area contributed by atoms with Crippen LogP contribution in [0.5, 0.6) is 5.75 Å². The fraction of sp³-hybridized carbons (Fsp3) is 0.400. The summed E-state index contributed by atoms with van der Waals surface area (Å²) in [7, 11) is 1.67. The Labute approximate surface area is 85.5 Å². The fourth-order valence-corrected chi connectivity index (χ4v) is 1.17. The predicted octanol–water partition coefficient (Wildman–Crippen LogP) is 2.01. The minimum Gasteiger partial charge on any atom is -0.497 e. The van der Waals surface area contributed by atoms with Crippen molar-refractivity contribution in [3.8, 4) is 5.75 Å². The summed E-state index contributed by atoms with van der Waals surface area (Å²) >= 11 is 0. The van der Waals surface area contributed by atoms with Crippen LogP contribution in [0.25, 0.3) is 0 Å². The van der Waals surface area contributed by atoms with Gasteiger partial charge in [-0.2, -0.15) is 0 Å². The molecule has 0 spiro atoms. The van der Waals surface area contributed by atoms with Crippen molar-refractivity contribution >= 4 is 12.4 Å². The van der Waals surface area contributed by atoms with Crippen molar-refractivity contribution in [2.24, 2.45) is 5.73 Å². The third-order valence-electron chi connectivity index (χ3n) is 1.69.